The number of benzene rings is 1. The van der Waals surface area contributed by atoms with Crippen molar-refractivity contribution in [2.75, 3.05) is 7.11 Å². The molecule has 0 spiro atoms. The largest absolute Gasteiger partial charge is 0.496 e. The molecule has 4 heteroatoms. The van der Waals surface area contributed by atoms with Crippen molar-refractivity contribution in [1.29, 1.82) is 0 Å². The first-order chi connectivity index (χ1) is 8.52. The van der Waals surface area contributed by atoms with Gasteiger partial charge in [0.05, 0.1) is 12.5 Å². The van der Waals surface area contributed by atoms with E-state index in [1.807, 2.05) is 12.1 Å². The van der Waals surface area contributed by atoms with Crippen LogP contribution in [0.25, 0.3) is 0 Å². The third-order valence-electron chi connectivity index (χ3n) is 2.82. The zero-order valence-corrected chi connectivity index (χ0v) is 12.8. The molecule has 1 aromatic carbocycles. The first kappa shape index (κ1) is 13.7. The van der Waals surface area contributed by atoms with Gasteiger partial charge in [-0.15, -0.1) is 22.9 Å². The molecule has 18 heavy (non-hydrogen) atoms. The van der Waals surface area contributed by atoms with Crippen LogP contribution in [0.1, 0.15) is 26.3 Å². The lowest BCUT2D eigenvalue weighted by Gasteiger charge is -2.14. The first-order valence-corrected chi connectivity index (χ1v) is 7.20. The van der Waals surface area contributed by atoms with Crippen molar-refractivity contribution < 1.29 is 4.74 Å². The molecule has 96 valence electrons. The quantitative estimate of drug-likeness (QED) is 0.694. The molecule has 0 fully saturated rings. The van der Waals surface area contributed by atoms with Gasteiger partial charge in [-0.05, 0) is 43.7 Å². The van der Waals surface area contributed by atoms with Crippen LogP contribution in [-0.2, 0) is 0 Å². The van der Waals surface area contributed by atoms with E-state index in [4.69, 9.17) is 27.9 Å². The monoisotopic (exact) mass is 300 g/mol. The molecule has 1 nitrogen and oxygen atoms in total. The molecule has 1 heterocycles. The minimum absolute atomic E-state index is 0.233. The van der Waals surface area contributed by atoms with Crippen LogP contribution in [0.2, 0.25) is 5.02 Å². The fourth-order valence-corrected chi connectivity index (χ4v) is 3.58. The van der Waals surface area contributed by atoms with Crippen LogP contribution < -0.4 is 4.74 Å². The Labute approximate surface area is 121 Å². The van der Waals surface area contributed by atoms with Crippen molar-refractivity contribution in [3.05, 3.63) is 50.2 Å². The molecule has 2 aromatic rings. The second-order valence-corrected chi connectivity index (χ2v) is 6.45. The predicted molar refractivity (Wildman–Crippen MR) is 79.5 cm³/mol. The Kier molecular flexibility index (Phi) is 4.21. The summed E-state index contributed by atoms with van der Waals surface area (Å²) in [5, 5.41) is 0.435. The molecule has 0 saturated heterocycles. The lowest BCUT2D eigenvalue weighted by molar-refractivity contribution is 0.410. The van der Waals surface area contributed by atoms with E-state index in [1.165, 1.54) is 9.75 Å². The van der Waals surface area contributed by atoms with Crippen LogP contribution in [0.5, 0.6) is 5.75 Å². The lowest BCUT2D eigenvalue weighted by atomic mass is 10.0. The third kappa shape index (κ3) is 2.66. The Morgan fingerprint density at radius 1 is 1.17 bits per heavy atom. The van der Waals surface area contributed by atoms with E-state index < -0.39 is 0 Å². The Morgan fingerprint density at radius 3 is 2.44 bits per heavy atom. The minimum atomic E-state index is -0.233. The number of rotatable bonds is 3. The molecule has 0 amide bonds. The van der Waals surface area contributed by atoms with Crippen LogP contribution in [0.15, 0.2) is 24.3 Å². The van der Waals surface area contributed by atoms with Gasteiger partial charge in [-0.3, -0.25) is 0 Å². The second-order valence-electron chi connectivity index (χ2n) is 4.12. The number of thiophene rings is 1. The van der Waals surface area contributed by atoms with E-state index in [9.17, 15) is 0 Å². The molecule has 2 rings (SSSR count). The summed E-state index contributed by atoms with van der Waals surface area (Å²) >= 11 is 14.4. The smallest absolute Gasteiger partial charge is 0.123 e. The molecule has 0 saturated carbocycles. The summed E-state index contributed by atoms with van der Waals surface area (Å²) in [6.45, 7) is 4.17. The molecule has 0 aliphatic carbocycles. The van der Waals surface area contributed by atoms with Gasteiger partial charge in [-0.2, -0.15) is 0 Å². The normalized spacial score (nSPS) is 12.5. The highest BCUT2D eigenvalue weighted by Crippen LogP contribution is 2.40. The number of ether oxygens (including phenoxy) is 1. The number of hydrogen-bond acceptors (Lipinski definition) is 2. The fraction of sp³-hybridized carbons (Fsp3) is 0.286. The molecule has 0 N–H and O–H groups in total. The van der Waals surface area contributed by atoms with Gasteiger partial charge < -0.3 is 4.74 Å². The topological polar surface area (TPSA) is 9.23 Å². The number of methoxy groups -OCH3 is 1. The SMILES string of the molecule is COc1ccc(Cl)cc1C(Cl)c1cc(C)sc1C. The van der Waals surface area contributed by atoms with Gasteiger partial charge in [0.15, 0.2) is 0 Å². The van der Waals surface area contributed by atoms with Gasteiger partial charge in [0, 0.05) is 20.3 Å². The third-order valence-corrected chi connectivity index (χ3v) is 4.50. The summed E-state index contributed by atoms with van der Waals surface area (Å²) in [4.78, 5) is 2.49. The summed E-state index contributed by atoms with van der Waals surface area (Å²) in [5.74, 6) is 0.766. The molecule has 1 aromatic heterocycles. The van der Waals surface area contributed by atoms with Crippen LogP contribution in [0, 0.1) is 13.8 Å². The Balaban J connectivity index is 2.48. The Bertz CT molecular complexity index is 563. The van der Waals surface area contributed by atoms with Crippen LogP contribution in [-0.4, -0.2) is 7.11 Å². The predicted octanol–water partition coefficient (Wildman–Crippen LogP) is 5.36. The molecule has 1 atom stereocenters. The molecule has 0 bridgehead atoms. The molecule has 0 radical (unpaired) electrons. The van der Waals surface area contributed by atoms with Crippen molar-refractivity contribution in [3.8, 4) is 5.75 Å². The van der Waals surface area contributed by atoms with Gasteiger partial charge in [0.2, 0.25) is 0 Å². The highest BCUT2D eigenvalue weighted by molar-refractivity contribution is 7.12. The molecule has 1 unspecified atom stereocenters. The highest BCUT2D eigenvalue weighted by Gasteiger charge is 2.19. The maximum Gasteiger partial charge on any atom is 0.123 e. The summed E-state index contributed by atoms with van der Waals surface area (Å²) in [6, 6.07) is 7.64. The highest BCUT2D eigenvalue weighted by atomic mass is 35.5. The maximum absolute atomic E-state index is 6.57. The van der Waals surface area contributed by atoms with Crippen molar-refractivity contribution in [2.45, 2.75) is 19.2 Å². The second kappa shape index (κ2) is 5.52. The number of halogens is 2. The summed E-state index contributed by atoms with van der Waals surface area (Å²) in [7, 11) is 1.64. The summed E-state index contributed by atoms with van der Waals surface area (Å²) in [6.07, 6.45) is 0. The maximum atomic E-state index is 6.57. The Morgan fingerprint density at radius 2 is 1.89 bits per heavy atom. The first-order valence-electron chi connectivity index (χ1n) is 5.57. The van der Waals surface area contributed by atoms with E-state index >= 15 is 0 Å². The van der Waals surface area contributed by atoms with E-state index in [2.05, 4.69) is 19.9 Å². The van der Waals surface area contributed by atoms with Crippen LogP contribution in [0.3, 0.4) is 0 Å². The molecular formula is C14H14Cl2OS. The van der Waals surface area contributed by atoms with E-state index in [0.29, 0.717) is 5.02 Å². The summed E-state index contributed by atoms with van der Waals surface area (Å²) < 4.78 is 5.35. The van der Waals surface area contributed by atoms with Crippen molar-refractivity contribution in [2.24, 2.45) is 0 Å². The van der Waals surface area contributed by atoms with Crippen molar-refractivity contribution >= 4 is 34.5 Å². The number of alkyl halides is 1. The standard InChI is InChI=1S/C14H14Cl2OS/c1-8-6-11(9(2)18-8)14(16)12-7-10(15)4-5-13(12)17-3/h4-7,14H,1-3H3. The van der Waals surface area contributed by atoms with Gasteiger partial charge >= 0.3 is 0 Å². The van der Waals surface area contributed by atoms with Crippen molar-refractivity contribution in [3.63, 3.8) is 0 Å². The molecule has 0 aliphatic heterocycles. The number of aryl methyl sites for hydroxylation is 2. The van der Waals surface area contributed by atoms with Gasteiger partial charge in [0.1, 0.15) is 5.75 Å². The zero-order valence-electron chi connectivity index (χ0n) is 10.5. The summed E-state index contributed by atoms with van der Waals surface area (Å²) in [5.41, 5.74) is 2.03. The van der Waals surface area contributed by atoms with Crippen LogP contribution in [0.4, 0.5) is 0 Å². The fourth-order valence-electron chi connectivity index (χ4n) is 1.97. The van der Waals surface area contributed by atoms with Gasteiger partial charge in [0.25, 0.3) is 0 Å². The molecular weight excluding hydrogens is 287 g/mol. The Hall–Kier alpha value is -0.700. The van der Waals surface area contributed by atoms with E-state index in [1.54, 1.807) is 24.5 Å². The lowest BCUT2D eigenvalue weighted by Crippen LogP contribution is -1.97. The average molecular weight is 301 g/mol. The average Bonchev–Trinajstić information content (AvgIpc) is 2.67. The van der Waals surface area contributed by atoms with E-state index in [0.717, 1.165) is 16.9 Å². The number of hydrogen-bond donors (Lipinski definition) is 0. The van der Waals surface area contributed by atoms with Gasteiger partial charge in [-0.1, -0.05) is 11.6 Å². The zero-order chi connectivity index (χ0) is 13.3. The van der Waals surface area contributed by atoms with E-state index in [-0.39, 0.29) is 5.38 Å². The minimum Gasteiger partial charge on any atom is -0.496 e. The van der Waals surface area contributed by atoms with Crippen LogP contribution >= 0.6 is 34.5 Å². The van der Waals surface area contributed by atoms with Gasteiger partial charge in [-0.25, -0.2) is 0 Å². The molecule has 0 aliphatic rings. The van der Waals surface area contributed by atoms with Crippen molar-refractivity contribution in [1.82, 2.24) is 0 Å².